The number of fused-ring (bicyclic) bond motifs is 1. The quantitative estimate of drug-likeness (QED) is 0.386. The third kappa shape index (κ3) is 3.11. The Bertz CT molecular complexity index is 1210. The van der Waals surface area contributed by atoms with Crippen LogP contribution in [0.1, 0.15) is 9.80 Å². The molecule has 0 aliphatic rings. The normalized spacial score (nSPS) is 11.1. The molecule has 0 aliphatic heterocycles. The lowest BCUT2D eigenvalue weighted by atomic mass is 10.1. The van der Waals surface area contributed by atoms with Crippen molar-refractivity contribution in [2.45, 2.75) is 0 Å². The Balaban J connectivity index is 1.76. The van der Waals surface area contributed by atoms with Gasteiger partial charge in [0.05, 0.1) is 23.5 Å². The summed E-state index contributed by atoms with van der Waals surface area (Å²) in [5.41, 5.74) is 13.0. The van der Waals surface area contributed by atoms with Crippen molar-refractivity contribution in [3.05, 3.63) is 40.8 Å². The summed E-state index contributed by atoms with van der Waals surface area (Å²) in [6.45, 7) is -0.122. The van der Waals surface area contributed by atoms with Crippen LogP contribution in [-0.4, -0.2) is 43.1 Å². The van der Waals surface area contributed by atoms with Crippen LogP contribution in [0.5, 0.6) is 0 Å². The zero-order valence-corrected chi connectivity index (χ0v) is 15.7. The molecule has 4 rings (SSSR count). The van der Waals surface area contributed by atoms with Crippen molar-refractivity contribution in [3.8, 4) is 17.1 Å². The van der Waals surface area contributed by atoms with Crippen LogP contribution in [0.4, 0.5) is 5.69 Å². The van der Waals surface area contributed by atoms with Crippen LogP contribution < -0.4 is 16.8 Å². The van der Waals surface area contributed by atoms with Gasteiger partial charge in [-0.3, -0.25) is 19.3 Å². The number of thiazole rings is 1. The molecule has 0 atom stereocenters. The Labute approximate surface area is 166 Å². The number of hydrogen-bond donors (Lipinski definition) is 4. The number of benzene rings is 1. The molecule has 4 aromatic rings. The predicted molar refractivity (Wildman–Crippen MR) is 106 cm³/mol. The highest BCUT2D eigenvalue weighted by molar-refractivity contribution is 7.20. The molecule has 6 N–H and O–H groups in total. The Morgan fingerprint density at radius 3 is 2.89 bits per heavy atom. The fourth-order valence-corrected chi connectivity index (χ4v) is 3.78. The van der Waals surface area contributed by atoms with Crippen LogP contribution in [0.3, 0.4) is 0 Å². The van der Waals surface area contributed by atoms with Crippen LogP contribution in [0.25, 0.3) is 27.4 Å². The van der Waals surface area contributed by atoms with Gasteiger partial charge in [0.2, 0.25) is 5.91 Å². The van der Waals surface area contributed by atoms with Gasteiger partial charge in [-0.1, -0.05) is 11.6 Å². The summed E-state index contributed by atoms with van der Waals surface area (Å²) in [5.74, 6) is -0.406. The zero-order chi connectivity index (χ0) is 19.8. The van der Waals surface area contributed by atoms with E-state index in [1.165, 1.54) is 0 Å². The second kappa shape index (κ2) is 7.03. The molecule has 0 spiro atoms. The van der Waals surface area contributed by atoms with Crippen molar-refractivity contribution >= 4 is 50.8 Å². The third-order valence-corrected chi connectivity index (χ3v) is 5.27. The lowest BCUT2D eigenvalue weighted by Gasteiger charge is -2.10. The van der Waals surface area contributed by atoms with E-state index in [2.05, 4.69) is 25.5 Å². The van der Waals surface area contributed by atoms with Gasteiger partial charge in [0.25, 0.3) is 5.91 Å². The summed E-state index contributed by atoms with van der Waals surface area (Å²) in [6, 6.07) is 5.09. The number of halogens is 1. The second-order valence-corrected chi connectivity index (χ2v) is 7.11. The van der Waals surface area contributed by atoms with E-state index in [0.29, 0.717) is 38.1 Å². The molecule has 0 bridgehead atoms. The average Bonchev–Trinajstić information content (AvgIpc) is 3.36. The highest BCUT2D eigenvalue weighted by Gasteiger charge is 2.19. The van der Waals surface area contributed by atoms with Gasteiger partial charge in [0.15, 0.2) is 16.5 Å². The number of carbonyl (C=O) groups is 2. The maximum Gasteiger partial charge on any atom is 0.277 e. The Morgan fingerprint density at radius 2 is 2.18 bits per heavy atom. The number of nitrogens with zero attached hydrogens (tertiary/aromatic N) is 4. The van der Waals surface area contributed by atoms with Crippen LogP contribution in [0.2, 0.25) is 5.02 Å². The molecule has 10 nitrogen and oxygen atoms in total. The molecule has 0 unspecified atom stereocenters. The molecule has 3 heterocycles. The number of hydrogen-bond acceptors (Lipinski definition) is 7. The zero-order valence-electron chi connectivity index (χ0n) is 14.1. The lowest BCUT2D eigenvalue weighted by molar-refractivity contribution is -0.114. The number of imidazole rings is 1. The van der Waals surface area contributed by atoms with E-state index in [-0.39, 0.29) is 17.5 Å². The minimum Gasteiger partial charge on any atom is -0.364 e. The fraction of sp³-hybridized carbons (Fsp3) is 0.0625. The molecular weight excluding hydrogens is 404 g/mol. The first-order chi connectivity index (χ1) is 13.5. The van der Waals surface area contributed by atoms with Gasteiger partial charge in [-0.25, -0.2) is 9.97 Å². The predicted octanol–water partition coefficient (Wildman–Crippen LogP) is 1.52. The molecule has 142 valence electrons. The number of nitrogens with two attached hydrogens (primary N) is 2. The van der Waals surface area contributed by atoms with Gasteiger partial charge in [-0.05, 0) is 18.2 Å². The standard InChI is InChI=1S/C16H13ClN8O2S/c17-9-3-7(21-11(26)4-18)1-2-8(9)10-5-20-6-25(10)15-12-14(23-24-15)22-16(28-12)13(19)27/h1-3,5-6H,4,18H2,(H2,19,27)(H,21,26)(H,23,24). The van der Waals surface area contributed by atoms with E-state index in [0.717, 1.165) is 11.3 Å². The summed E-state index contributed by atoms with van der Waals surface area (Å²) in [4.78, 5) is 31.1. The van der Waals surface area contributed by atoms with Crippen molar-refractivity contribution in [1.29, 1.82) is 0 Å². The molecule has 2 amide bonds. The number of H-pyrrole nitrogens is 1. The van der Waals surface area contributed by atoms with E-state index in [1.807, 2.05) is 0 Å². The molecule has 1 aromatic carbocycles. The summed E-state index contributed by atoms with van der Waals surface area (Å²) in [7, 11) is 0. The first-order valence-corrected chi connectivity index (χ1v) is 9.14. The highest BCUT2D eigenvalue weighted by Crippen LogP contribution is 2.34. The molecule has 0 radical (unpaired) electrons. The smallest absolute Gasteiger partial charge is 0.277 e. The topological polar surface area (TPSA) is 158 Å². The second-order valence-electron chi connectivity index (χ2n) is 5.70. The monoisotopic (exact) mass is 416 g/mol. The number of rotatable bonds is 5. The minimum atomic E-state index is -0.607. The summed E-state index contributed by atoms with van der Waals surface area (Å²) in [6.07, 6.45) is 3.21. The van der Waals surface area contributed by atoms with E-state index in [9.17, 15) is 9.59 Å². The molecule has 0 saturated carbocycles. The number of carbonyl (C=O) groups excluding carboxylic acids is 2. The van der Waals surface area contributed by atoms with E-state index >= 15 is 0 Å². The molecular formula is C16H13ClN8O2S. The van der Waals surface area contributed by atoms with Gasteiger partial charge in [-0.15, -0.1) is 11.3 Å². The lowest BCUT2D eigenvalue weighted by Crippen LogP contribution is -2.21. The van der Waals surface area contributed by atoms with E-state index < -0.39 is 5.91 Å². The average molecular weight is 417 g/mol. The number of aromatic amines is 1. The Kier molecular flexibility index (Phi) is 4.55. The number of nitrogens with one attached hydrogen (secondary N) is 2. The summed E-state index contributed by atoms with van der Waals surface area (Å²) >= 11 is 7.56. The Hall–Kier alpha value is -3.28. The maximum atomic E-state index is 11.4. The SMILES string of the molecule is NCC(=O)Nc1ccc(-c2cncn2-c2n[nH]c3nc(C(N)=O)sc23)c(Cl)c1. The van der Waals surface area contributed by atoms with Crippen molar-refractivity contribution in [2.75, 3.05) is 11.9 Å². The molecule has 3 aromatic heterocycles. The number of amides is 2. The number of aromatic nitrogens is 5. The van der Waals surface area contributed by atoms with Crippen LogP contribution in [0, 0.1) is 0 Å². The molecule has 28 heavy (non-hydrogen) atoms. The number of anilines is 1. The number of primary amides is 1. The van der Waals surface area contributed by atoms with Crippen molar-refractivity contribution in [2.24, 2.45) is 11.5 Å². The summed E-state index contributed by atoms with van der Waals surface area (Å²) in [5, 5.41) is 10.3. The first kappa shape index (κ1) is 18.1. The third-order valence-electron chi connectivity index (χ3n) is 3.89. The van der Waals surface area contributed by atoms with E-state index in [1.54, 1.807) is 35.3 Å². The van der Waals surface area contributed by atoms with Gasteiger partial charge in [-0.2, -0.15) is 5.10 Å². The molecule has 0 saturated heterocycles. The highest BCUT2D eigenvalue weighted by atomic mass is 35.5. The molecule has 0 aliphatic carbocycles. The maximum absolute atomic E-state index is 11.4. The van der Waals surface area contributed by atoms with Crippen LogP contribution in [-0.2, 0) is 4.79 Å². The van der Waals surface area contributed by atoms with Crippen molar-refractivity contribution in [1.82, 2.24) is 24.7 Å². The Morgan fingerprint density at radius 1 is 1.36 bits per heavy atom. The van der Waals surface area contributed by atoms with Gasteiger partial charge in [0.1, 0.15) is 11.0 Å². The van der Waals surface area contributed by atoms with E-state index in [4.69, 9.17) is 23.1 Å². The fourth-order valence-electron chi connectivity index (χ4n) is 2.65. The van der Waals surface area contributed by atoms with Gasteiger partial charge in [0, 0.05) is 11.3 Å². The summed E-state index contributed by atoms with van der Waals surface area (Å²) < 4.78 is 2.39. The van der Waals surface area contributed by atoms with Crippen molar-refractivity contribution in [3.63, 3.8) is 0 Å². The van der Waals surface area contributed by atoms with Gasteiger partial charge < -0.3 is 16.8 Å². The van der Waals surface area contributed by atoms with Crippen molar-refractivity contribution < 1.29 is 9.59 Å². The van der Waals surface area contributed by atoms with Crippen LogP contribution in [0.15, 0.2) is 30.7 Å². The first-order valence-electron chi connectivity index (χ1n) is 7.95. The molecule has 12 heteroatoms. The van der Waals surface area contributed by atoms with Crippen LogP contribution >= 0.6 is 22.9 Å². The molecule has 0 fully saturated rings. The largest absolute Gasteiger partial charge is 0.364 e. The van der Waals surface area contributed by atoms with Gasteiger partial charge >= 0.3 is 0 Å². The minimum absolute atomic E-state index is 0.122.